The second-order valence-electron chi connectivity index (χ2n) is 2.76. The summed E-state index contributed by atoms with van der Waals surface area (Å²) < 4.78 is 4.92. The predicted octanol–water partition coefficient (Wildman–Crippen LogP) is 1.22. The standard InChI is InChI=1S/C8H19NOS/c1-8(7-11-3)6-9-4-5-10-2/h8-9H,4-7H2,1-3H3. The van der Waals surface area contributed by atoms with Gasteiger partial charge in [0, 0.05) is 13.7 Å². The first-order valence-corrected chi connectivity index (χ1v) is 5.39. The fourth-order valence-corrected chi connectivity index (χ4v) is 1.55. The van der Waals surface area contributed by atoms with Gasteiger partial charge >= 0.3 is 0 Å². The van der Waals surface area contributed by atoms with Gasteiger partial charge in [0.05, 0.1) is 6.61 Å². The summed E-state index contributed by atoms with van der Waals surface area (Å²) >= 11 is 1.90. The Balaban J connectivity index is 2.97. The smallest absolute Gasteiger partial charge is 0.0587 e. The quantitative estimate of drug-likeness (QED) is 0.591. The molecule has 1 atom stereocenters. The number of hydrogen-bond donors (Lipinski definition) is 1. The molecule has 0 aromatic rings. The van der Waals surface area contributed by atoms with Gasteiger partial charge in [0.2, 0.25) is 0 Å². The molecule has 0 radical (unpaired) electrons. The normalized spacial score (nSPS) is 13.4. The summed E-state index contributed by atoms with van der Waals surface area (Å²) in [5.41, 5.74) is 0. The monoisotopic (exact) mass is 177 g/mol. The summed E-state index contributed by atoms with van der Waals surface area (Å²) in [6, 6.07) is 0. The SMILES string of the molecule is COCCNCC(C)CSC. The van der Waals surface area contributed by atoms with Crippen LogP contribution in [0.4, 0.5) is 0 Å². The van der Waals surface area contributed by atoms with Crippen molar-refractivity contribution in [2.24, 2.45) is 5.92 Å². The number of hydrogen-bond acceptors (Lipinski definition) is 3. The van der Waals surface area contributed by atoms with E-state index in [9.17, 15) is 0 Å². The van der Waals surface area contributed by atoms with E-state index in [2.05, 4.69) is 18.5 Å². The fraction of sp³-hybridized carbons (Fsp3) is 1.00. The summed E-state index contributed by atoms with van der Waals surface area (Å²) in [5, 5.41) is 3.33. The minimum atomic E-state index is 0.766. The van der Waals surface area contributed by atoms with Crippen molar-refractivity contribution in [1.82, 2.24) is 5.32 Å². The summed E-state index contributed by atoms with van der Waals surface area (Å²) in [6.45, 7) is 5.14. The van der Waals surface area contributed by atoms with E-state index in [4.69, 9.17) is 4.74 Å². The predicted molar refractivity (Wildman–Crippen MR) is 52.3 cm³/mol. The van der Waals surface area contributed by atoms with Crippen LogP contribution < -0.4 is 5.32 Å². The molecular formula is C8H19NOS. The van der Waals surface area contributed by atoms with Gasteiger partial charge in [-0.2, -0.15) is 11.8 Å². The average Bonchev–Trinajstić information content (AvgIpc) is 1.99. The van der Waals surface area contributed by atoms with E-state index in [1.807, 2.05) is 11.8 Å². The molecule has 1 unspecified atom stereocenters. The van der Waals surface area contributed by atoms with Gasteiger partial charge in [-0.15, -0.1) is 0 Å². The fourth-order valence-electron chi connectivity index (χ4n) is 0.866. The van der Waals surface area contributed by atoms with Gasteiger partial charge in [-0.25, -0.2) is 0 Å². The highest BCUT2D eigenvalue weighted by Gasteiger charge is 1.98. The maximum atomic E-state index is 4.92. The van der Waals surface area contributed by atoms with Gasteiger partial charge in [0.15, 0.2) is 0 Å². The molecule has 0 aromatic heterocycles. The lowest BCUT2D eigenvalue weighted by Gasteiger charge is -2.10. The van der Waals surface area contributed by atoms with Crippen molar-refractivity contribution in [3.8, 4) is 0 Å². The van der Waals surface area contributed by atoms with Gasteiger partial charge in [0.25, 0.3) is 0 Å². The third kappa shape index (κ3) is 8.17. The lowest BCUT2D eigenvalue weighted by molar-refractivity contribution is 0.198. The topological polar surface area (TPSA) is 21.3 Å². The van der Waals surface area contributed by atoms with Crippen LogP contribution in [-0.4, -0.2) is 38.8 Å². The Morgan fingerprint density at radius 1 is 1.55 bits per heavy atom. The molecule has 68 valence electrons. The van der Waals surface area contributed by atoms with E-state index < -0.39 is 0 Å². The Bertz CT molecular complexity index is 80.5. The molecule has 0 saturated carbocycles. The average molecular weight is 177 g/mol. The Morgan fingerprint density at radius 2 is 2.27 bits per heavy atom. The number of nitrogens with one attached hydrogen (secondary N) is 1. The van der Waals surface area contributed by atoms with Crippen LogP contribution in [0.2, 0.25) is 0 Å². The molecule has 11 heavy (non-hydrogen) atoms. The van der Waals surface area contributed by atoms with E-state index in [0.29, 0.717) is 0 Å². The molecule has 0 aliphatic carbocycles. The summed E-state index contributed by atoms with van der Waals surface area (Å²) in [7, 11) is 1.73. The molecule has 3 heteroatoms. The van der Waals surface area contributed by atoms with E-state index in [1.54, 1.807) is 7.11 Å². The minimum Gasteiger partial charge on any atom is -0.383 e. The molecular weight excluding hydrogens is 158 g/mol. The van der Waals surface area contributed by atoms with Gasteiger partial charge in [-0.1, -0.05) is 6.92 Å². The van der Waals surface area contributed by atoms with Crippen molar-refractivity contribution in [3.05, 3.63) is 0 Å². The first-order chi connectivity index (χ1) is 5.31. The molecule has 0 fully saturated rings. The first kappa shape index (κ1) is 11.3. The first-order valence-electron chi connectivity index (χ1n) is 3.99. The lowest BCUT2D eigenvalue weighted by Crippen LogP contribution is -2.25. The van der Waals surface area contributed by atoms with Crippen molar-refractivity contribution in [1.29, 1.82) is 0 Å². The highest BCUT2D eigenvalue weighted by Crippen LogP contribution is 2.01. The van der Waals surface area contributed by atoms with Crippen LogP contribution >= 0.6 is 11.8 Å². The van der Waals surface area contributed by atoms with E-state index in [-0.39, 0.29) is 0 Å². The lowest BCUT2D eigenvalue weighted by atomic mass is 10.2. The second-order valence-corrected chi connectivity index (χ2v) is 3.67. The van der Waals surface area contributed by atoms with Crippen LogP contribution in [0.5, 0.6) is 0 Å². The molecule has 0 saturated heterocycles. The van der Waals surface area contributed by atoms with E-state index in [0.717, 1.165) is 25.6 Å². The van der Waals surface area contributed by atoms with E-state index >= 15 is 0 Å². The molecule has 0 amide bonds. The maximum absolute atomic E-state index is 4.92. The highest BCUT2D eigenvalue weighted by atomic mass is 32.2. The number of methoxy groups -OCH3 is 1. The zero-order chi connectivity index (χ0) is 8.53. The van der Waals surface area contributed by atoms with Crippen molar-refractivity contribution < 1.29 is 4.74 Å². The largest absolute Gasteiger partial charge is 0.383 e. The van der Waals surface area contributed by atoms with Gasteiger partial charge in [-0.3, -0.25) is 0 Å². The van der Waals surface area contributed by atoms with Crippen LogP contribution in [0.1, 0.15) is 6.92 Å². The molecule has 0 aliphatic heterocycles. The second kappa shape index (κ2) is 8.37. The molecule has 1 N–H and O–H groups in total. The Kier molecular flexibility index (Phi) is 8.57. The number of thioether (sulfide) groups is 1. The molecule has 0 rings (SSSR count). The van der Waals surface area contributed by atoms with Crippen LogP contribution in [-0.2, 0) is 4.74 Å². The Morgan fingerprint density at radius 3 is 2.82 bits per heavy atom. The molecule has 0 heterocycles. The Hall–Kier alpha value is 0.270. The van der Waals surface area contributed by atoms with Gasteiger partial charge in [-0.05, 0) is 24.5 Å². The molecule has 0 aliphatic rings. The van der Waals surface area contributed by atoms with Gasteiger partial charge < -0.3 is 10.1 Å². The molecule has 0 bridgehead atoms. The van der Waals surface area contributed by atoms with Crippen LogP contribution in [0, 0.1) is 5.92 Å². The molecule has 2 nitrogen and oxygen atoms in total. The van der Waals surface area contributed by atoms with Gasteiger partial charge in [0.1, 0.15) is 0 Å². The molecule has 0 aromatic carbocycles. The van der Waals surface area contributed by atoms with Crippen LogP contribution in [0.25, 0.3) is 0 Å². The Labute approximate surface area is 74.1 Å². The third-order valence-electron chi connectivity index (χ3n) is 1.43. The van der Waals surface area contributed by atoms with Crippen molar-refractivity contribution in [2.45, 2.75) is 6.92 Å². The highest BCUT2D eigenvalue weighted by molar-refractivity contribution is 7.98. The van der Waals surface area contributed by atoms with Crippen molar-refractivity contribution in [3.63, 3.8) is 0 Å². The van der Waals surface area contributed by atoms with E-state index in [1.165, 1.54) is 5.75 Å². The summed E-state index contributed by atoms with van der Waals surface area (Å²) in [6.07, 6.45) is 2.14. The summed E-state index contributed by atoms with van der Waals surface area (Å²) in [5.74, 6) is 2.00. The minimum absolute atomic E-state index is 0.766. The number of ether oxygens (including phenoxy) is 1. The maximum Gasteiger partial charge on any atom is 0.0587 e. The van der Waals surface area contributed by atoms with Crippen LogP contribution in [0.15, 0.2) is 0 Å². The number of rotatable bonds is 7. The zero-order valence-electron chi connectivity index (χ0n) is 7.72. The molecule has 0 spiro atoms. The third-order valence-corrected chi connectivity index (χ3v) is 2.33. The van der Waals surface area contributed by atoms with Crippen molar-refractivity contribution in [2.75, 3.05) is 38.8 Å². The summed E-state index contributed by atoms with van der Waals surface area (Å²) in [4.78, 5) is 0. The van der Waals surface area contributed by atoms with Crippen molar-refractivity contribution >= 4 is 11.8 Å². The van der Waals surface area contributed by atoms with Crippen LogP contribution in [0.3, 0.4) is 0 Å². The zero-order valence-corrected chi connectivity index (χ0v) is 8.54.